The summed E-state index contributed by atoms with van der Waals surface area (Å²) in [7, 11) is 2.14. The van der Waals surface area contributed by atoms with Gasteiger partial charge in [-0.3, -0.25) is 14.8 Å². The van der Waals surface area contributed by atoms with Crippen molar-refractivity contribution in [2.24, 2.45) is 0 Å². The van der Waals surface area contributed by atoms with Gasteiger partial charge in [0.1, 0.15) is 5.69 Å². The fourth-order valence-electron chi connectivity index (χ4n) is 3.51. The molecular weight excluding hydrogens is 406 g/mol. The Morgan fingerprint density at radius 2 is 1.59 bits per heavy atom. The monoisotopic (exact) mass is 433 g/mol. The molecule has 0 bridgehead atoms. The summed E-state index contributed by atoms with van der Waals surface area (Å²) in [5.41, 5.74) is 2.99. The molecule has 0 aliphatic carbocycles. The molecule has 32 heavy (non-hydrogen) atoms. The van der Waals surface area contributed by atoms with Crippen LogP contribution in [0.15, 0.2) is 60.8 Å². The number of nitrogens with one attached hydrogen (secondary N) is 4. The summed E-state index contributed by atoms with van der Waals surface area (Å²) in [5, 5.41) is 14.7. The van der Waals surface area contributed by atoms with Crippen LogP contribution in [0.2, 0.25) is 0 Å². The van der Waals surface area contributed by atoms with Gasteiger partial charge in [-0.2, -0.15) is 5.10 Å². The van der Waals surface area contributed by atoms with Crippen LogP contribution in [0.25, 0.3) is 0 Å². The van der Waals surface area contributed by atoms with Gasteiger partial charge in [0.25, 0.3) is 5.91 Å². The van der Waals surface area contributed by atoms with Crippen molar-refractivity contribution in [3.63, 3.8) is 0 Å². The van der Waals surface area contributed by atoms with Crippen molar-refractivity contribution >= 4 is 29.0 Å². The number of hydrogen-bond acceptors (Lipinski definition) is 5. The van der Waals surface area contributed by atoms with Crippen LogP contribution >= 0.6 is 0 Å². The molecular formula is C23H27N7O2. The second-order valence-electron chi connectivity index (χ2n) is 7.83. The molecule has 0 unspecified atom stereocenters. The number of benzene rings is 2. The fourth-order valence-corrected chi connectivity index (χ4v) is 3.51. The van der Waals surface area contributed by atoms with Crippen molar-refractivity contribution in [1.82, 2.24) is 20.0 Å². The predicted octanol–water partition coefficient (Wildman–Crippen LogP) is 3.05. The van der Waals surface area contributed by atoms with Crippen molar-refractivity contribution in [3.05, 3.63) is 72.1 Å². The van der Waals surface area contributed by atoms with E-state index in [1.54, 1.807) is 12.1 Å². The maximum Gasteiger partial charge on any atom is 0.323 e. The number of nitrogens with zero attached hydrogens (tertiary/aromatic N) is 3. The number of urea groups is 1. The number of anilines is 3. The second kappa shape index (κ2) is 10.1. The summed E-state index contributed by atoms with van der Waals surface area (Å²) >= 11 is 0. The third-order valence-electron chi connectivity index (χ3n) is 5.36. The Balaban J connectivity index is 1.32. The Bertz CT molecular complexity index is 1040. The molecule has 1 aromatic heterocycles. The van der Waals surface area contributed by atoms with Crippen molar-refractivity contribution in [3.8, 4) is 0 Å². The maximum absolute atomic E-state index is 12.7. The van der Waals surface area contributed by atoms with Gasteiger partial charge in [0.15, 0.2) is 0 Å². The number of amides is 3. The van der Waals surface area contributed by atoms with E-state index in [9.17, 15) is 9.59 Å². The summed E-state index contributed by atoms with van der Waals surface area (Å²) in [6, 6.07) is 16.4. The number of carbonyl (C=O) groups is 2. The van der Waals surface area contributed by atoms with E-state index < -0.39 is 6.03 Å². The molecule has 0 spiro atoms. The molecule has 1 aliphatic heterocycles. The fraction of sp³-hybridized carbons (Fsp3) is 0.261. The first kappa shape index (κ1) is 21.5. The molecule has 2 aromatic carbocycles. The molecule has 1 saturated heterocycles. The number of para-hydroxylation sites is 1. The lowest BCUT2D eigenvalue weighted by Gasteiger charge is -2.32. The third-order valence-corrected chi connectivity index (χ3v) is 5.36. The molecule has 0 saturated carbocycles. The standard InChI is InChI=1S/C23H27N7O2/c1-29-11-13-30(14-12-29)16-17-7-9-19(10-8-17)25-22(31)21-20(15-24-28-21)27-23(32)26-18-5-3-2-4-6-18/h2-10,15H,11-14,16H2,1H3,(H,24,28)(H,25,31)(H2,26,27,32). The van der Waals surface area contributed by atoms with Crippen LogP contribution in [-0.4, -0.2) is 65.2 Å². The molecule has 9 nitrogen and oxygen atoms in total. The summed E-state index contributed by atoms with van der Waals surface area (Å²) in [6.07, 6.45) is 1.40. The molecule has 1 aliphatic rings. The Morgan fingerprint density at radius 3 is 2.31 bits per heavy atom. The van der Waals surface area contributed by atoms with Gasteiger partial charge in [-0.05, 0) is 36.9 Å². The molecule has 1 fully saturated rings. The van der Waals surface area contributed by atoms with Crippen LogP contribution < -0.4 is 16.0 Å². The number of likely N-dealkylation sites (N-methyl/N-ethyl adjacent to an activating group) is 1. The van der Waals surface area contributed by atoms with Crippen LogP contribution in [0.3, 0.4) is 0 Å². The zero-order chi connectivity index (χ0) is 22.3. The van der Waals surface area contributed by atoms with Crippen LogP contribution in [-0.2, 0) is 6.54 Å². The van der Waals surface area contributed by atoms with Gasteiger partial charge < -0.3 is 20.9 Å². The van der Waals surface area contributed by atoms with Crippen molar-refractivity contribution in [1.29, 1.82) is 0 Å². The van der Waals surface area contributed by atoms with Gasteiger partial charge in [-0.25, -0.2) is 4.79 Å². The lowest BCUT2D eigenvalue weighted by atomic mass is 10.1. The van der Waals surface area contributed by atoms with Crippen LogP contribution in [0, 0.1) is 0 Å². The lowest BCUT2D eigenvalue weighted by molar-refractivity contribution is 0.102. The van der Waals surface area contributed by atoms with Gasteiger partial charge in [-0.15, -0.1) is 0 Å². The van der Waals surface area contributed by atoms with Crippen molar-refractivity contribution in [2.45, 2.75) is 6.54 Å². The predicted molar refractivity (Wildman–Crippen MR) is 125 cm³/mol. The van der Waals surface area contributed by atoms with E-state index in [2.05, 4.69) is 43.0 Å². The molecule has 4 rings (SSSR count). The van der Waals surface area contributed by atoms with Gasteiger partial charge in [0.2, 0.25) is 0 Å². The quantitative estimate of drug-likeness (QED) is 0.478. The highest BCUT2D eigenvalue weighted by Gasteiger charge is 2.17. The summed E-state index contributed by atoms with van der Waals surface area (Å²) in [4.78, 5) is 29.7. The maximum atomic E-state index is 12.7. The Labute approximate surface area is 186 Å². The van der Waals surface area contributed by atoms with Gasteiger partial charge in [-0.1, -0.05) is 30.3 Å². The van der Waals surface area contributed by atoms with Crippen LogP contribution in [0.4, 0.5) is 21.9 Å². The highest BCUT2D eigenvalue weighted by atomic mass is 16.2. The number of aromatic nitrogens is 2. The Kier molecular flexibility index (Phi) is 6.78. The first-order chi connectivity index (χ1) is 15.6. The van der Waals surface area contributed by atoms with E-state index in [1.807, 2.05) is 42.5 Å². The topological polar surface area (TPSA) is 105 Å². The van der Waals surface area contributed by atoms with E-state index in [0.29, 0.717) is 17.1 Å². The number of hydrogen-bond donors (Lipinski definition) is 4. The summed E-state index contributed by atoms with van der Waals surface area (Å²) < 4.78 is 0. The normalized spacial score (nSPS) is 14.7. The van der Waals surface area contributed by atoms with Gasteiger partial charge in [0, 0.05) is 44.1 Å². The van der Waals surface area contributed by atoms with E-state index in [-0.39, 0.29) is 11.6 Å². The van der Waals surface area contributed by atoms with Gasteiger partial charge >= 0.3 is 6.03 Å². The molecule has 9 heteroatoms. The van der Waals surface area contributed by atoms with Crippen LogP contribution in [0.1, 0.15) is 16.1 Å². The zero-order valence-corrected chi connectivity index (χ0v) is 18.0. The molecule has 3 aromatic rings. The number of aromatic amines is 1. The summed E-state index contributed by atoms with van der Waals surface area (Å²) in [5.74, 6) is -0.385. The number of piperazine rings is 1. The Morgan fingerprint density at radius 1 is 0.906 bits per heavy atom. The Hall–Kier alpha value is -3.69. The minimum Gasteiger partial charge on any atom is -0.321 e. The largest absolute Gasteiger partial charge is 0.323 e. The molecule has 0 radical (unpaired) electrons. The summed E-state index contributed by atoms with van der Waals surface area (Å²) in [6.45, 7) is 5.17. The second-order valence-corrected chi connectivity index (χ2v) is 7.83. The zero-order valence-electron chi connectivity index (χ0n) is 18.0. The number of rotatable bonds is 6. The third kappa shape index (κ3) is 5.71. The highest BCUT2D eigenvalue weighted by molar-refractivity contribution is 6.10. The average Bonchev–Trinajstić information content (AvgIpc) is 3.25. The molecule has 3 amide bonds. The number of H-pyrrole nitrogens is 1. The molecule has 0 atom stereocenters. The smallest absolute Gasteiger partial charge is 0.321 e. The molecule has 2 heterocycles. The van der Waals surface area contributed by atoms with E-state index in [1.165, 1.54) is 11.8 Å². The van der Waals surface area contributed by atoms with Gasteiger partial charge in [0.05, 0.1) is 11.9 Å². The van der Waals surface area contributed by atoms with Crippen LogP contribution in [0.5, 0.6) is 0 Å². The first-order valence-electron chi connectivity index (χ1n) is 10.5. The molecule has 166 valence electrons. The highest BCUT2D eigenvalue weighted by Crippen LogP contribution is 2.17. The lowest BCUT2D eigenvalue weighted by Crippen LogP contribution is -2.43. The SMILES string of the molecule is CN1CCN(Cc2ccc(NC(=O)c3[nH]ncc3NC(=O)Nc3ccccc3)cc2)CC1. The molecule has 4 N–H and O–H groups in total. The van der Waals surface area contributed by atoms with Crippen molar-refractivity contribution < 1.29 is 9.59 Å². The number of carbonyl (C=O) groups excluding carboxylic acids is 2. The average molecular weight is 434 g/mol. The van der Waals surface area contributed by atoms with E-state index in [0.717, 1.165) is 32.7 Å². The first-order valence-corrected chi connectivity index (χ1v) is 10.5. The van der Waals surface area contributed by atoms with E-state index >= 15 is 0 Å². The minimum absolute atomic E-state index is 0.176. The minimum atomic E-state index is -0.458. The van der Waals surface area contributed by atoms with Crippen molar-refractivity contribution in [2.75, 3.05) is 49.2 Å². The van der Waals surface area contributed by atoms with E-state index in [4.69, 9.17) is 0 Å².